The molecule has 0 aliphatic rings. The first kappa shape index (κ1) is 40.6. The monoisotopic (exact) mass is 928 g/mol. The summed E-state index contributed by atoms with van der Waals surface area (Å²) in [6.45, 7) is 8.78. The van der Waals surface area contributed by atoms with Crippen molar-refractivity contribution in [1.29, 1.82) is 0 Å². The van der Waals surface area contributed by atoms with E-state index in [-0.39, 0.29) is 0 Å². The molecule has 6 nitrogen and oxygen atoms in total. The van der Waals surface area contributed by atoms with Crippen LogP contribution in [0.2, 0.25) is 0 Å². The lowest BCUT2D eigenvalue weighted by Gasteiger charge is -2.29. The van der Waals surface area contributed by atoms with E-state index in [0.29, 0.717) is 0 Å². The fourth-order valence-electron chi connectivity index (χ4n) is 11.9. The molecule has 342 valence electrons. The highest BCUT2D eigenvalue weighted by Gasteiger charge is 2.25. The normalized spacial score (nSPS) is 12.2. The average Bonchev–Trinajstić information content (AvgIpc) is 4.17. The molecule has 0 radical (unpaired) electrons. The molecule has 15 rings (SSSR count). The topological polar surface area (TPSA) is 59.0 Å². The van der Waals surface area contributed by atoms with Gasteiger partial charge in [0.05, 0.1) is 11.4 Å². The second-order valence-electron chi connectivity index (χ2n) is 19.4. The number of hydrogen-bond donors (Lipinski definition) is 0. The van der Waals surface area contributed by atoms with E-state index in [1.807, 2.05) is 24.3 Å². The van der Waals surface area contributed by atoms with E-state index in [1.165, 1.54) is 11.1 Å². The highest BCUT2D eigenvalue weighted by Crippen LogP contribution is 2.48. The molecule has 4 aromatic heterocycles. The molecule has 11 aromatic carbocycles. The van der Waals surface area contributed by atoms with Crippen molar-refractivity contribution in [2.24, 2.45) is 0 Å². The van der Waals surface area contributed by atoms with Crippen LogP contribution in [0.25, 0.3) is 109 Å². The number of rotatable bonds is 6. The molecule has 0 atom stereocenters. The smallest absolute Gasteiger partial charge is 0.178 e. The van der Waals surface area contributed by atoms with Crippen molar-refractivity contribution in [3.63, 3.8) is 0 Å². The van der Waals surface area contributed by atoms with E-state index in [9.17, 15) is 0 Å². The summed E-state index contributed by atoms with van der Waals surface area (Å²) < 4.78 is 26.5. The zero-order valence-corrected chi connectivity index (χ0v) is 40.0. The number of para-hydroxylation sites is 4. The lowest BCUT2D eigenvalue weighted by atomic mass is 9.99. The van der Waals surface area contributed by atoms with Gasteiger partial charge in [0.2, 0.25) is 0 Å². The molecule has 0 fully saturated rings. The van der Waals surface area contributed by atoms with Crippen LogP contribution in [0.4, 0.5) is 34.1 Å². The van der Waals surface area contributed by atoms with Gasteiger partial charge in [-0.25, -0.2) is 0 Å². The maximum Gasteiger partial charge on any atom is 0.178 e. The minimum Gasteiger partial charge on any atom is -0.456 e. The van der Waals surface area contributed by atoms with Crippen molar-refractivity contribution >= 4 is 143 Å². The third-order valence-electron chi connectivity index (χ3n) is 15.1. The Hall–Kier alpha value is -9.26. The van der Waals surface area contributed by atoms with Crippen molar-refractivity contribution in [2.45, 2.75) is 27.7 Å². The molecule has 0 saturated carbocycles. The van der Waals surface area contributed by atoms with Gasteiger partial charge in [-0.15, -0.1) is 0 Å². The Morgan fingerprint density at radius 1 is 0.278 bits per heavy atom. The Labute approximate surface area is 413 Å². The second kappa shape index (κ2) is 15.1. The minimum atomic E-state index is 0.750. The highest BCUT2D eigenvalue weighted by atomic mass is 16.4. The Bertz CT molecular complexity index is 4440. The molecule has 0 aliphatic carbocycles. The summed E-state index contributed by atoms with van der Waals surface area (Å²) in [5, 5.41) is 13.1. The summed E-state index contributed by atoms with van der Waals surface area (Å²) >= 11 is 0. The molecular weight excluding hydrogens is 885 g/mol. The van der Waals surface area contributed by atoms with Crippen LogP contribution >= 0.6 is 0 Å². The summed E-state index contributed by atoms with van der Waals surface area (Å²) in [5.74, 6) is 0. The van der Waals surface area contributed by atoms with Crippen molar-refractivity contribution in [3.8, 4) is 0 Å². The van der Waals surface area contributed by atoms with Crippen LogP contribution in [-0.2, 0) is 0 Å². The molecule has 0 unspecified atom stereocenters. The average molecular weight is 929 g/mol. The van der Waals surface area contributed by atoms with Crippen molar-refractivity contribution in [2.75, 3.05) is 9.80 Å². The molecular formula is C66H44N2O4. The predicted molar refractivity (Wildman–Crippen MR) is 299 cm³/mol. The molecule has 15 aromatic rings. The third kappa shape index (κ3) is 5.90. The van der Waals surface area contributed by atoms with E-state index in [0.717, 1.165) is 155 Å². The van der Waals surface area contributed by atoms with E-state index >= 15 is 0 Å². The zero-order valence-electron chi connectivity index (χ0n) is 40.0. The van der Waals surface area contributed by atoms with E-state index < -0.39 is 0 Å². The molecule has 0 spiro atoms. The van der Waals surface area contributed by atoms with E-state index in [2.05, 4.69) is 207 Å². The minimum absolute atomic E-state index is 0.750. The van der Waals surface area contributed by atoms with Gasteiger partial charge in [0.25, 0.3) is 0 Å². The number of nitrogens with zero attached hydrogens (tertiary/aromatic N) is 2. The number of anilines is 6. The van der Waals surface area contributed by atoms with Gasteiger partial charge in [-0.1, -0.05) is 84.9 Å². The predicted octanol–water partition coefficient (Wildman–Crippen LogP) is 19.8. The largest absolute Gasteiger partial charge is 0.456 e. The highest BCUT2D eigenvalue weighted by molar-refractivity contribution is 6.22. The number of fused-ring (bicyclic) bond motifs is 15. The number of benzene rings is 11. The van der Waals surface area contributed by atoms with Crippen LogP contribution in [0.3, 0.4) is 0 Å². The van der Waals surface area contributed by atoms with Crippen LogP contribution in [0.5, 0.6) is 0 Å². The van der Waals surface area contributed by atoms with Crippen LogP contribution in [0.15, 0.2) is 212 Å². The van der Waals surface area contributed by atoms with Crippen molar-refractivity contribution in [1.82, 2.24) is 0 Å². The van der Waals surface area contributed by atoms with Gasteiger partial charge in [-0.2, -0.15) is 0 Å². The van der Waals surface area contributed by atoms with Gasteiger partial charge in [0.1, 0.15) is 33.5 Å². The summed E-state index contributed by atoms with van der Waals surface area (Å²) in [4.78, 5) is 4.75. The summed E-state index contributed by atoms with van der Waals surface area (Å²) in [6, 6.07) is 69.0. The Morgan fingerprint density at radius 3 is 1.14 bits per heavy atom. The van der Waals surface area contributed by atoms with Crippen LogP contribution in [-0.4, -0.2) is 0 Å². The Balaban J connectivity index is 0.857. The van der Waals surface area contributed by atoms with E-state index in [4.69, 9.17) is 17.7 Å². The standard InChI is InChI=1S/C66H44N2O4/c1-37-29-59-61(51-19-11-13-21-55(51)69-59)39(3)63(37)67(45-15-7-5-8-16-45)47-25-23-41-33-53-49-27-28-50-54-34-42-24-26-48(32-44(42)36-58(54)72-66(50)65(49)71-57(53)35-43(41)31-47)68(46-17-9-6-10-18-46)64-38(2)30-60-62(40(64)4)52-20-12-14-22-56(52)70-60/h5-36H,1-4H3. The summed E-state index contributed by atoms with van der Waals surface area (Å²) in [5.41, 5.74) is 17.9. The summed E-state index contributed by atoms with van der Waals surface area (Å²) in [7, 11) is 0. The van der Waals surface area contributed by atoms with Crippen molar-refractivity contribution < 1.29 is 17.7 Å². The molecule has 0 amide bonds. The van der Waals surface area contributed by atoms with Gasteiger partial charge in [-0.3, -0.25) is 0 Å². The van der Waals surface area contributed by atoms with Gasteiger partial charge in [-0.05, 0) is 181 Å². The molecule has 4 heterocycles. The molecule has 0 saturated heterocycles. The van der Waals surface area contributed by atoms with Gasteiger partial charge in [0.15, 0.2) is 11.2 Å². The van der Waals surface area contributed by atoms with Gasteiger partial charge in [0, 0.05) is 65.8 Å². The van der Waals surface area contributed by atoms with Crippen molar-refractivity contribution in [3.05, 3.63) is 216 Å². The van der Waals surface area contributed by atoms with Gasteiger partial charge < -0.3 is 27.5 Å². The fraction of sp³-hybridized carbons (Fsp3) is 0.0606. The molecule has 0 bridgehead atoms. The molecule has 0 aliphatic heterocycles. The number of aryl methyl sites for hydroxylation is 4. The first-order valence-electron chi connectivity index (χ1n) is 24.6. The van der Waals surface area contributed by atoms with Crippen LogP contribution in [0.1, 0.15) is 22.3 Å². The Kier molecular flexibility index (Phi) is 8.53. The maximum absolute atomic E-state index is 6.88. The molecule has 6 heteroatoms. The van der Waals surface area contributed by atoms with E-state index in [1.54, 1.807) is 0 Å². The summed E-state index contributed by atoms with van der Waals surface area (Å²) in [6.07, 6.45) is 0. The zero-order chi connectivity index (χ0) is 47.9. The van der Waals surface area contributed by atoms with Crippen LogP contribution < -0.4 is 9.80 Å². The lowest BCUT2D eigenvalue weighted by Crippen LogP contribution is -2.13. The third-order valence-corrected chi connectivity index (χ3v) is 15.1. The number of hydrogen-bond acceptors (Lipinski definition) is 6. The fourth-order valence-corrected chi connectivity index (χ4v) is 11.9. The Morgan fingerprint density at radius 2 is 0.694 bits per heavy atom. The maximum atomic E-state index is 6.88. The van der Waals surface area contributed by atoms with Gasteiger partial charge >= 0.3 is 0 Å². The SMILES string of the molecule is Cc1cc2oc3ccccc3c2c(C)c1N(c1ccccc1)c1ccc2cc3c(cc2c1)oc1c3ccc2c3cc4ccc(N(c5ccccc5)c5c(C)cc6oc7ccccc7c6c5C)cc4cc3oc21. The number of furan rings is 4. The second-order valence-corrected chi connectivity index (χ2v) is 19.4. The molecule has 72 heavy (non-hydrogen) atoms. The first-order chi connectivity index (χ1) is 35.3. The quantitative estimate of drug-likeness (QED) is 0.166. The molecule has 0 N–H and O–H groups in total. The van der Waals surface area contributed by atoms with Crippen LogP contribution in [0, 0.1) is 27.7 Å². The first-order valence-corrected chi connectivity index (χ1v) is 24.6. The lowest BCUT2D eigenvalue weighted by molar-refractivity contribution is 0.634.